The SMILES string of the molecule is CCSCCNC(=O)[C@@H]1CCOc2ccccc2C1. The van der Waals surface area contributed by atoms with Crippen molar-refractivity contribution in [3.05, 3.63) is 29.8 Å². The fourth-order valence-corrected chi connectivity index (χ4v) is 2.79. The molecule has 0 saturated carbocycles. The Bertz CT molecular complexity index is 422. The quantitative estimate of drug-likeness (QED) is 0.842. The van der Waals surface area contributed by atoms with Gasteiger partial charge in [0.25, 0.3) is 0 Å². The third-order valence-corrected chi connectivity index (χ3v) is 4.18. The van der Waals surface area contributed by atoms with Crippen molar-refractivity contribution in [3.8, 4) is 5.75 Å². The average Bonchev–Trinajstić information content (AvgIpc) is 2.65. The summed E-state index contributed by atoms with van der Waals surface area (Å²) in [6.07, 6.45) is 1.57. The van der Waals surface area contributed by atoms with Crippen LogP contribution in [0.5, 0.6) is 5.75 Å². The molecule has 1 N–H and O–H groups in total. The van der Waals surface area contributed by atoms with Crippen LogP contribution in [-0.4, -0.2) is 30.6 Å². The van der Waals surface area contributed by atoms with Gasteiger partial charge in [-0.2, -0.15) is 11.8 Å². The Morgan fingerprint density at radius 3 is 3.16 bits per heavy atom. The molecule has 1 heterocycles. The molecular weight excluding hydrogens is 258 g/mol. The lowest BCUT2D eigenvalue weighted by atomic mass is 9.96. The minimum Gasteiger partial charge on any atom is -0.493 e. The fourth-order valence-electron chi connectivity index (χ4n) is 2.25. The summed E-state index contributed by atoms with van der Waals surface area (Å²) < 4.78 is 5.69. The van der Waals surface area contributed by atoms with Gasteiger partial charge in [-0.25, -0.2) is 0 Å². The monoisotopic (exact) mass is 279 g/mol. The average molecular weight is 279 g/mol. The van der Waals surface area contributed by atoms with E-state index in [1.54, 1.807) is 0 Å². The lowest BCUT2D eigenvalue weighted by molar-refractivity contribution is -0.125. The van der Waals surface area contributed by atoms with Gasteiger partial charge < -0.3 is 10.1 Å². The van der Waals surface area contributed by atoms with Crippen molar-refractivity contribution >= 4 is 17.7 Å². The summed E-state index contributed by atoms with van der Waals surface area (Å²) >= 11 is 1.85. The number of benzene rings is 1. The number of amides is 1. The molecule has 2 rings (SSSR count). The minimum atomic E-state index is 0.0373. The van der Waals surface area contributed by atoms with E-state index in [0.717, 1.165) is 42.2 Å². The number of fused-ring (bicyclic) bond motifs is 1. The molecule has 0 unspecified atom stereocenters. The number of thioether (sulfide) groups is 1. The van der Waals surface area contributed by atoms with Crippen molar-refractivity contribution in [1.29, 1.82) is 0 Å². The van der Waals surface area contributed by atoms with E-state index in [-0.39, 0.29) is 11.8 Å². The molecule has 104 valence electrons. The number of rotatable bonds is 5. The highest BCUT2D eigenvalue weighted by molar-refractivity contribution is 7.99. The van der Waals surface area contributed by atoms with E-state index >= 15 is 0 Å². The first-order valence-electron chi connectivity index (χ1n) is 6.87. The summed E-state index contributed by atoms with van der Waals surface area (Å²) in [6, 6.07) is 8.00. The molecule has 19 heavy (non-hydrogen) atoms. The number of nitrogens with one attached hydrogen (secondary N) is 1. The molecule has 0 fully saturated rings. The second-order valence-electron chi connectivity index (χ2n) is 4.63. The van der Waals surface area contributed by atoms with Crippen LogP contribution in [0.2, 0.25) is 0 Å². The molecule has 0 aliphatic carbocycles. The molecule has 4 heteroatoms. The van der Waals surface area contributed by atoms with E-state index in [1.165, 1.54) is 0 Å². The molecule has 0 spiro atoms. The highest BCUT2D eigenvalue weighted by Gasteiger charge is 2.23. The first-order chi connectivity index (χ1) is 9.31. The van der Waals surface area contributed by atoms with Crippen LogP contribution in [0, 0.1) is 5.92 Å². The summed E-state index contributed by atoms with van der Waals surface area (Å²) in [5.74, 6) is 3.22. The van der Waals surface area contributed by atoms with Gasteiger partial charge in [-0.15, -0.1) is 0 Å². The Balaban J connectivity index is 1.89. The third-order valence-electron chi connectivity index (χ3n) is 3.28. The molecule has 1 aliphatic rings. The van der Waals surface area contributed by atoms with Crippen molar-refractivity contribution in [3.63, 3.8) is 0 Å². The Labute approximate surface area is 119 Å². The van der Waals surface area contributed by atoms with Crippen molar-refractivity contribution < 1.29 is 9.53 Å². The molecule has 1 aromatic rings. The standard InChI is InChI=1S/C15H21NO2S/c1-2-19-10-8-16-15(17)13-7-9-18-14-6-4-3-5-12(14)11-13/h3-6,13H,2,7-11H2,1H3,(H,16,17)/t13-/m1/s1. The maximum Gasteiger partial charge on any atom is 0.223 e. The number of hydrogen-bond acceptors (Lipinski definition) is 3. The van der Waals surface area contributed by atoms with E-state index in [2.05, 4.69) is 12.2 Å². The number of carbonyl (C=O) groups excluding carboxylic acids is 1. The summed E-state index contributed by atoms with van der Waals surface area (Å²) in [6.45, 7) is 3.52. The zero-order chi connectivity index (χ0) is 13.5. The van der Waals surface area contributed by atoms with Crippen LogP contribution in [0.4, 0.5) is 0 Å². The summed E-state index contributed by atoms with van der Waals surface area (Å²) in [7, 11) is 0. The summed E-state index contributed by atoms with van der Waals surface area (Å²) in [5, 5.41) is 3.03. The smallest absolute Gasteiger partial charge is 0.223 e. The van der Waals surface area contributed by atoms with E-state index < -0.39 is 0 Å². The van der Waals surface area contributed by atoms with Crippen molar-refractivity contribution in [2.45, 2.75) is 19.8 Å². The molecule has 0 saturated heterocycles. The molecule has 1 aliphatic heterocycles. The van der Waals surface area contributed by atoms with Crippen LogP contribution in [0.25, 0.3) is 0 Å². The van der Waals surface area contributed by atoms with Gasteiger partial charge in [0.2, 0.25) is 5.91 Å². The first kappa shape index (κ1) is 14.3. The molecular formula is C15H21NO2S. The second-order valence-corrected chi connectivity index (χ2v) is 6.03. The Kier molecular flexibility index (Phi) is 5.58. The zero-order valence-electron chi connectivity index (χ0n) is 11.4. The second kappa shape index (κ2) is 7.43. The fraction of sp³-hybridized carbons (Fsp3) is 0.533. The molecule has 0 aromatic heterocycles. The van der Waals surface area contributed by atoms with Gasteiger partial charge in [-0.3, -0.25) is 4.79 Å². The van der Waals surface area contributed by atoms with Crippen molar-refractivity contribution in [2.24, 2.45) is 5.92 Å². The Morgan fingerprint density at radius 2 is 2.32 bits per heavy atom. The lowest BCUT2D eigenvalue weighted by Gasteiger charge is -2.13. The van der Waals surface area contributed by atoms with E-state index in [9.17, 15) is 4.79 Å². The van der Waals surface area contributed by atoms with E-state index in [0.29, 0.717) is 6.61 Å². The Morgan fingerprint density at radius 1 is 1.47 bits per heavy atom. The number of para-hydroxylation sites is 1. The number of ether oxygens (including phenoxy) is 1. The summed E-state index contributed by atoms with van der Waals surface area (Å²) in [4.78, 5) is 12.1. The summed E-state index contributed by atoms with van der Waals surface area (Å²) in [5.41, 5.74) is 1.14. The maximum atomic E-state index is 12.1. The van der Waals surface area contributed by atoms with Crippen molar-refractivity contribution in [1.82, 2.24) is 5.32 Å². The van der Waals surface area contributed by atoms with Crippen molar-refractivity contribution in [2.75, 3.05) is 24.7 Å². The van der Waals surface area contributed by atoms with Crippen LogP contribution in [-0.2, 0) is 11.2 Å². The highest BCUT2D eigenvalue weighted by Crippen LogP contribution is 2.26. The van der Waals surface area contributed by atoms with Gasteiger partial charge in [0.05, 0.1) is 6.61 Å². The first-order valence-corrected chi connectivity index (χ1v) is 8.03. The van der Waals surface area contributed by atoms with Crippen LogP contribution in [0.3, 0.4) is 0 Å². The molecule has 3 nitrogen and oxygen atoms in total. The molecule has 1 amide bonds. The molecule has 0 radical (unpaired) electrons. The van der Waals surface area contributed by atoms with Gasteiger partial charge in [0.15, 0.2) is 0 Å². The third kappa shape index (κ3) is 4.16. The highest BCUT2D eigenvalue weighted by atomic mass is 32.2. The Hall–Kier alpha value is -1.16. The van der Waals surface area contributed by atoms with E-state index in [1.807, 2.05) is 36.0 Å². The van der Waals surface area contributed by atoms with Gasteiger partial charge in [-0.1, -0.05) is 25.1 Å². The van der Waals surface area contributed by atoms with Crippen LogP contribution in [0.15, 0.2) is 24.3 Å². The molecule has 0 bridgehead atoms. The predicted octanol–water partition coefficient (Wildman–Crippen LogP) is 2.50. The van der Waals surface area contributed by atoms with E-state index in [4.69, 9.17) is 4.74 Å². The molecule has 1 atom stereocenters. The largest absolute Gasteiger partial charge is 0.493 e. The van der Waals surface area contributed by atoms with Crippen LogP contribution < -0.4 is 10.1 Å². The van der Waals surface area contributed by atoms with Gasteiger partial charge in [0, 0.05) is 18.2 Å². The van der Waals surface area contributed by atoms with Gasteiger partial charge in [-0.05, 0) is 30.2 Å². The van der Waals surface area contributed by atoms with Gasteiger partial charge in [0.1, 0.15) is 5.75 Å². The van der Waals surface area contributed by atoms with Crippen LogP contribution >= 0.6 is 11.8 Å². The minimum absolute atomic E-state index is 0.0373. The zero-order valence-corrected chi connectivity index (χ0v) is 12.2. The topological polar surface area (TPSA) is 38.3 Å². The molecule has 1 aromatic carbocycles. The predicted molar refractivity (Wildman–Crippen MR) is 79.8 cm³/mol. The van der Waals surface area contributed by atoms with Gasteiger partial charge >= 0.3 is 0 Å². The normalized spacial score (nSPS) is 18.1. The number of hydrogen-bond donors (Lipinski definition) is 1. The lowest BCUT2D eigenvalue weighted by Crippen LogP contribution is -2.33. The van der Waals surface area contributed by atoms with Crippen LogP contribution in [0.1, 0.15) is 18.9 Å². The maximum absolute atomic E-state index is 12.1. The number of carbonyl (C=O) groups is 1.